The maximum atomic E-state index is 13.6. The van der Waals surface area contributed by atoms with Crippen LogP contribution in [0, 0.1) is 18.7 Å². The Labute approximate surface area is 169 Å². The van der Waals surface area contributed by atoms with Gasteiger partial charge in [0, 0.05) is 30.1 Å². The van der Waals surface area contributed by atoms with Gasteiger partial charge in [-0.1, -0.05) is 13.8 Å². The molecule has 158 valence electrons. The van der Waals surface area contributed by atoms with E-state index in [0.717, 1.165) is 18.4 Å². The van der Waals surface area contributed by atoms with Crippen LogP contribution in [0.15, 0.2) is 22.6 Å². The molecule has 2 aromatic rings. The number of urea groups is 1. The van der Waals surface area contributed by atoms with Gasteiger partial charge in [0.25, 0.3) is 0 Å². The summed E-state index contributed by atoms with van der Waals surface area (Å²) in [4.78, 5) is 26.0. The van der Waals surface area contributed by atoms with E-state index >= 15 is 0 Å². The molecule has 1 aliphatic heterocycles. The van der Waals surface area contributed by atoms with Gasteiger partial charge in [0.2, 0.25) is 0 Å². The molecule has 2 atom stereocenters. The fourth-order valence-electron chi connectivity index (χ4n) is 3.80. The van der Waals surface area contributed by atoms with E-state index in [1.165, 1.54) is 19.2 Å². The summed E-state index contributed by atoms with van der Waals surface area (Å²) in [6.07, 6.45) is 1.19. The number of fused-ring (bicyclic) bond motifs is 1. The van der Waals surface area contributed by atoms with Crippen LogP contribution in [0.3, 0.4) is 0 Å². The van der Waals surface area contributed by atoms with Crippen molar-refractivity contribution in [1.29, 1.82) is 0 Å². The number of furan rings is 1. The maximum Gasteiger partial charge on any atom is 0.409 e. The zero-order valence-electron chi connectivity index (χ0n) is 17.3. The van der Waals surface area contributed by atoms with Crippen LogP contribution in [0.4, 0.5) is 14.0 Å². The zero-order valence-corrected chi connectivity index (χ0v) is 17.3. The van der Waals surface area contributed by atoms with Gasteiger partial charge in [-0.3, -0.25) is 0 Å². The van der Waals surface area contributed by atoms with E-state index in [9.17, 15) is 14.0 Å². The first-order valence-electron chi connectivity index (χ1n) is 9.88. The van der Waals surface area contributed by atoms with Crippen molar-refractivity contribution in [3.8, 4) is 0 Å². The van der Waals surface area contributed by atoms with Crippen molar-refractivity contribution in [2.24, 2.45) is 5.92 Å². The number of amides is 3. The highest BCUT2D eigenvalue weighted by molar-refractivity contribution is 5.82. The summed E-state index contributed by atoms with van der Waals surface area (Å²) in [7, 11) is 1.35. The van der Waals surface area contributed by atoms with Crippen LogP contribution in [0.5, 0.6) is 0 Å². The summed E-state index contributed by atoms with van der Waals surface area (Å²) in [5.74, 6) is 0.352. The normalized spacial score (nSPS) is 18.0. The number of carbonyl (C=O) groups excluding carboxylic acids is 2. The molecular weight excluding hydrogens is 377 g/mol. The number of benzene rings is 1. The largest absolute Gasteiger partial charge is 0.459 e. The second-order valence-electron chi connectivity index (χ2n) is 7.83. The van der Waals surface area contributed by atoms with E-state index in [2.05, 4.69) is 10.6 Å². The van der Waals surface area contributed by atoms with Crippen molar-refractivity contribution < 1.29 is 23.1 Å². The summed E-state index contributed by atoms with van der Waals surface area (Å²) in [6, 6.07) is 3.55. The monoisotopic (exact) mass is 405 g/mol. The molecule has 8 heteroatoms. The Bertz CT molecular complexity index is 895. The standard InChI is InChI=1S/C21H28FN3O4/c1-12(2)18(19-13(3)16-10-14(22)7-8-17(16)29-19)24-20(26)23-15-6-5-9-25(11-15)21(27)28-4/h7-8,10,12,15,18H,5-6,9,11H2,1-4H3,(H2,23,24,26). The average molecular weight is 405 g/mol. The Morgan fingerprint density at radius 1 is 1.34 bits per heavy atom. The molecule has 0 aliphatic carbocycles. The predicted octanol–water partition coefficient (Wildman–Crippen LogP) is 4.11. The SMILES string of the molecule is COC(=O)N1CCCC(NC(=O)NC(c2oc3ccc(F)cc3c2C)C(C)C)C1. The number of aryl methyl sites for hydroxylation is 1. The highest BCUT2D eigenvalue weighted by Crippen LogP contribution is 2.33. The van der Waals surface area contributed by atoms with Gasteiger partial charge in [0.1, 0.15) is 17.2 Å². The highest BCUT2D eigenvalue weighted by Gasteiger charge is 2.28. The van der Waals surface area contributed by atoms with E-state index in [1.54, 1.807) is 11.0 Å². The van der Waals surface area contributed by atoms with Gasteiger partial charge in [-0.15, -0.1) is 0 Å². The van der Waals surface area contributed by atoms with E-state index in [4.69, 9.17) is 9.15 Å². The molecule has 1 aliphatic rings. The molecule has 7 nitrogen and oxygen atoms in total. The molecule has 0 saturated carbocycles. The summed E-state index contributed by atoms with van der Waals surface area (Å²) in [6.45, 7) is 6.87. The summed E-state index contributed by atoms with van der Waals surface area (Å²) in [5, 5.41) is 6.63. The van der Waals surface area contributed by atoms with Crippen molar-refractivity contribution in [1.82, 2.24) is 15.5 Å². The van der Waals surface area contributed by atoms with Crippen LogP contribution in [0.2, 0.25) is 0 Å². The van der Waals surface area contributed by atoms with Gasteiger partial charge in [-0.2, -0.15) is 0 Å². The van der Waals surface area contributed by atoms with Crippen molar-refractivity contribution in [2.45, 2.75) is 45.7 Å². The van der Waals surface area contributed by atoms with Crippen LogP contribution in [0.1, 0.15) is 44.1 Å². The first-order valence-corrected chi connectivity index (χ1v) is 9.88. The second-order valence-corrected chi connectivity index (χ2v) is 7.83. The summed E-state index contributed by atoms with van der Waals surface area (Å²) >= 11 is 0. The molecule has 2 unspecified atom stereocenters. The molecule has 3 amide bonds. The lowest BCUT2D eigenvalue weighted by atomic mass is 9.98. The van der Waals surface area contributed by atoms with Crippen LogP contribution in [-0.4, -0.2) is 43.3 Å². The van der Waals surface area contributed by atoms with Crippen LogP contribution < -0.4 is 10.6 Å². The molecule has 2 N–H and O–H groups in total. The number of ether oxygens (including phenoxy) is 1. The topological polar surface area (TPSA) is 83.8 Å². The molecule has 0 spiro atoms. The average Bonchev–Trinajstić information content (AvgIpc) is 3.01. The number of halogens is 1. The van der Waals surface area contributed by atoms with Gasteiger partial charge in [0.05, 0.1) is 13.2 Å². The van der Waals surface area contributed by atoms with E-state index in [0.29, 0.717) is 29.8 Å². The molecule has 2 heterocycles. The molecule has 3 rings (SSSR count). The van der Waals surface area contributed by atoms with Crippen LogP contribution in [-0.2, 0) is 4.74 Å². The number of piperidine rings is 1. The van der Waals surface area contributed by atoms with Crippen molar-refractivity contribution in [3.63, 3.8) is 0 Å². The number of hydrogen-bond acceptors (Lipinski definition) is 4. The van der Waals surface area contributed by atoms with Crippen LogP contribution >= 0.6 is 0 Å². The fourth-order valence-corrected chi connectivity index (χ4v) is 3.80. The van der Waals surface area contributed by atoms with Gasteiger partial charge in [-0.05, 0) is 43.9 Å². The Morgan fingerprint density at radius 3 is 2.79 bits per heavy atom. The molecule has 1 fully saturated rings. The maximum absolute atomic E-state index is 13.6. The van der Waals surface area contributed by atoms with Gasteiger partial charge in [-0.25, -0.2) is 14.0 Å². The molecule has 29 heavy (non-hydrogen) atoms. The van der Waals surface area contributed by atoms with Crippen molar-refractivity contribution in [3.05, 3.63) is 35.3 Å². The van der Waals surface area contributed by atoms with Gasteiger partial charge >= 0.3 is 12.1 Å². The Balaban J connectivity index is 1.72. The lowest BCUT2D eigenvalue weighted by molar-refractivity contribution is 0.108. The number of rotatable bonds is 4. The second kappa shape index (κ2) is 8.71. The number of likely N-dealkylation sites (tertiary alicyclic amines) is 1. The third-order valence-electron chi connectivity index (χ3n) is 5.36. The number of hydrogen-bond donors (Lipinski definition) is 2. The molecule has 1 aromatic carbocycles. The fraction of sp³-hybridized carbons (Fsp3) is 0.524. The van der Waals surface area contributed by atoms with E-state index in [1.807, 2.05) is 20.8 Å². The lowest BCUT2D eigenvalue weighted by Crippen LogP contribution is -2.52. The summed E-state index contributed by atoms with van der Waals surface area (Å²) < 4.78 is 24.3. The first-order chi connectivity index (χ1) is 13.8. The quantitative estimate of drug-likeness (QED) is 0.802. The molecule has 1 saturated heterocycles. The van der Waals surface area contributed by atoms with Gasteiger partial charge in [0.15, 0.2) is 0 Å². The molecule has 1 aromatic heterocycles. The highest BCUT2D eigenvalue weighted by atomic mass is 19.1. The Kier molecular flexibility index (Phi) is 6.30. The Morgan fingerprint density at radius 2 is 2.10 bits per heavy atom. The zero-order chi connectivity index (χ0) is 21.1. The first kappa shape index (κ1) is 21.0. The van der Waals surface area contributed by atoms with E-state index in [-0.39, 0.29) is 35.9 Å². The Hall–Kier alpha value is -2.77. The number of nitrogens with zero attached hydrogens (tertiary/aromatic N) is 1. The molecule has 0 bridgehead atoms. The number of carbonyl (C=O) groups is 2. The smallest absolute Gasteiger partial charge is 0.409 e. The summed E-state index contributed by atoms with van der Waals surface area (Å²) in [5.41, 5.74) is 1.40. The third-order valence-corrected chi connectivity index (χ3v) is 5.36. The number of nitrogens with one attached hydrogen (secondary N) is 2. The molecule has 0 radical (unpaired) electrons. The van der Waals surface area contributed by atoms with Crippen molar-refractivity contribution in [2.75, 3.05) is 20.2 Å². The minimum atomic E-state index is -0.387. The lowest BCUT2D eigenvalue weighted by Gasteiger charge is -2.32. The van der Waals surface area contributed by atoms with E-state index < -0.39 is 0 Å². The minimum Gasteiger partial charge on any atom is -0.459 e. The third kappa shape index (κ3) is 4.63. The van der Waals surface area contributed by atoms with Crippen LogP contribution in [0.25, 0.3) is 11.0 Å². The predicted molar refractivity (Wildman–Crippen MR) is 107 cm³/mol. The van der Waals surface area contributed by atoms with Crippen molar-refractivity contribution >= 4 is 23.1 Å². The number of methoxy groups -OCH3 is 1. The minimum absolute atomic E-state index is 0.0581. The molecular formula is C21H28FN3O4. The van der Waals surface area contributed by atoms with Gasteiger partial charge < -0.3 is 24.7 Å².